The fourth-order valence-electron chi connectivity index (χ4n) is 4.94. The number of nitrogens with zero attached hydrogens (tertiary/aromatic N) is 1. The van der Waals surface area contributed by atoms with Crippen molar-refractivity contribution in [2.24, 2.45) is 11.8 Å². The van der Waals surface area contributed by atoms with E-state index in [0.717, 1.165) is 78.0 Å². The van der Waals surface area contributed by atoms with Gasteiger partial charge in [0.2, 0.25) is 5.91 Å². The van der Waals surface area contributed by atoms with Gasteiger partial charge in [-0.15, -0.1) is 0 Å². The molecule has 3 aliphatic heterocycles. The first-order valence-electron chi connectivity index (χ1n) is 10.4. The second-order valence-electron chi connectivity index (χ2n) is 8.56. The molecule has 142 valence electrons. The Morgan fingerprint density at radius 2 is 1.76 bits per heavy atom. The number of likely N-dealkylation sites (tertiary alicyclic amines) is 1. The van der Waals surface area contributed by atoms with Crippen molar-refractivity contribution in [3.8, 4) is 0 Å². The van der Waals surface area contributed by atoms with Crippen molar-refractivity contribution < 1.29 is 19.0 Å². The summed E-state index contributed by atoms with van der Waals surface area (Å²) < 4.78 is 17.7. The summed E-state index contributed by atoms with van der Waals surface area (Å²) in [6, 6.07) is 0. The average Bonchev–Trinajstić information content (AvgIpc) is 2.65. The van der Waals surface area contributed by atoms with Crippen LogP contribution in [-0.4, -0.2) is 62.0 Å². The Labute approximate surface area is 151 Å². The molecule has 0 aromatic heterocycles. The van der Waals surface area contributed by atoms with E-state index in [-0.39, 0.29) is 11.5 Å². The lowest BCUT2D eigenvalue weighted by Gasteiger charge is -2.53. The van der Waals surface area contributed by atoms with Crippen molar-refractivity contribution in [2.45, 2.75) is 69.5 Å². The molecule has 0 aromatic rings. The Kier molecular flexibility index (Phi) is 5.63. The topological polar surface area (TPSA) is 48.0 Å². The van der Waals surface area contributed by atoms with Crippen LogP contribution in [0.4, 0.5) is 0 Å². The van der Waals surface area contributed by atoms with Crippen molar-refractivity contribution >= 4 is 5.91 Å². The first-order chi connectivity index (χ1) is 12.2. The highest BCUT2D eigenvalue weighted by atomic mass is 16.5. The SMILES string of the molecule is O=C(C1CCCCC1)N1CC2(C[C@@H](OCC3CCOCC3)CCO2)C1. The summed E-state index contributed by atoms with van der Waals surface area (Å²) in [4.78, 5) is 14.7. The van der Waals surface area contributed by atoms with Gasteiger partial charge in [-0.05, 0) is 38.0 Å². The summed E-state index contributed by atoms with van der Waals surface area (Å²) in [7, 11) is 0. The van der Waals surface area contributed by atoms with Gasteiger partial charge in [0.25, 0.3) is 0 Å². The molecule has 1 aliphatic carbocycles. The van der Waals surface area contributed by atoms with Crippen molar-refractivity contribution in [2.75, 3.05) is 39.5 Å². The third kappa shape index (κ3) is 4.20. The van der Waals surface area contributed by atoms with Gasteiger partial charge in [0, 0.05) is 38.8 Å². The quantitative estimate of drug-likeness (QED) is 0.781. The van der Waals surface area contributed by atoms with Crippen LogP contribution >= 0.6 is 0 Å². The Hall–Kier alpha value is -0.650. The van der Waals surface area contributed by atoms with E-state index >= 15 is 0 Å². The number of ether oxygens (including phenoxy) is 3. The van der Waals surface area contributed by atoms with Gasteiger partial charge < -0.3 is 19.1 Å². The lowest BCUT2D eigenvalue weighted by atomic mass is 9.82. The minimum absolute atomic E-state index is 0.122. The minimum Gasteiger partial charge on any atom is -0.381 e. The number of carbonyl (C=O) groups excluding carboxylic acids is 1. The normalized spacial score (nSPS) is 31.0. The average molecular weight is 351 g/mol. The molecule has 4 fully saturated rings. The van der Waals surface area contributed by atoms with Crippen LogP contribution in [0.1, 0.15) is 57.8 Å². The molecule has 0 radical (unpaired) electrons. The fourth-order valence-corrected chi connectivity index (χ4v) is 4.94. The zero-order valence-electron chi connectivity index (χ0n) is 15.4. The van der Waals surface area contributed by atoms with Gasteiger partial charge in [-0.3, -0.25) is 4.79 Å². The van der Waals surface area contributed by atoms with Crippen LogP contribution in [0.3, 0.4) is 0 Å². The number of rotatable bonds is 4. The summed E-state index contributed by atoms with van der Waals surface area (Å²) >= 11 is 0. The number of carbonyl (C=O) groups is 1. The molecule has 5 heteroatoms. The molecule has 5 nitrogen and oxygen atoms in total. The molecule has 3 saturated heterocycles. The van der Waals surface area contributed by atoms with E-state index in [4.69, 9.17) is 14.2 Å². The minimum atomic E-state index is -0.122. The molecule has 4 rings (SSSR count). The zero-order chi connectivity index (χ0) is 17.1. The summed E-state index contributed by atoms with van der Waals surface area (Å²) in [6.45, 7) is 4.94. The molecule has 0 N–H and O–H groups in total. The molecular formula is C20H33NO4. The molecular weight excluding hydrogens is 318 g/mol. The molecule has 3 heterocycles. The van der Waals surface area contributed by atoms with Gasteiger partial charge in [-0.1, -0.05) is 19.3 Å². The van der Waals surface area contributed by atoms with E-state index in [2.05, 4.69) is 0 Å². The van der Waals surface area contributed by atoms with Crippen molar-refractivity contribution in [3.63, 3.8) is 0 Å². The Morgan fingerprint density at radius 3 is 2.52 bits per heavy atom. The van der Waals surface area contributed by atoms with Crippen molar-refractivity contribution in [3.05, 3.63) is 0 Å². The molecule has 1 atom stereocenters. The van der Waals surface area contributed by atoms with Gasteiger partial charge in [-0.25, -0.2) is 0 Å². The van der Waals surface area contributed by atoms with E-state index in [9.17, 15) is 4.79 Å². The number of amides is 1. The predicted molar refractivity (Wildman–Crippen MR) is 94.4 cm³/mol. The highest BCUT2D eigenvalue weighted by molar-refractivity contribution is 5.80. The highest BCUT2D eigenvalue weighted by Crippen LogP contribution is 2.37. The molecule has 1 saturated carbocycles. The second kappa shape index (κ2) is 7.93. The van der Waals surface area contributed by atoms with Crippen LogP contribution in [0.2, 0.25) is 0 Å². The molecule has 0 aromatic carbocycles. The smallest absolute Gasteiger partial charge is 0.225 e. The maximum Gasteiger partial charge on any atom is 0.225 e. The standard InChI is InChI=1S/C20H33NO4/c22-19(17-4-2-1-3-5-17)21-14-20(15-21)12-18(8-11-25-20)24-13-16-6-9-23-10-7-16/h16-18H,1-15H2/t18-/m0/s1. The maximum atomic E-state index is 12.6. The molecule has 25 heavy (non-hydrogen) atoms. The van der Waals surface area contributed by atoms with Crippen LogP contribution in [0.5, 0.6) is 0 Å². The molecule has 4 aliphatic rings. The first-order valence-corrected chi connectivity index (χ1v) is 10.4. The monoisotopic (exact) mass is 351 g/mol. The molecule has 0 unspecified atom stereocenters. The predicted octanol–water partition coefficient (Wildman–Crippen LogP) is 2.77. The van der Waals surface area contributed by atoms with Gasteiger partial charge >= 0.3 is 0 Å². The Bertz CT molecular complexity index is 451. The van der Waals surface area contributed by atoms with Gasteiger partial charge in [-0.2, -0.15) is 0 Å². The Balaban J connectivity index is 1.22. The summed E-state index contributed by atoms with van der Waals surface area (Å²) in [5, 5.41) is 0. The van der Waals surface area contributed by atoms with Crippen molar-refractivity contribution in [1.82, 2.24) is 4.90 Å². The lowest BCUT2D eigenvalue weighted by Crippen LogP contribution is -2.68. The molecule has 1 spiro atoms. The fraction of sp³-hybridized carbons (Fsp3) is 0.950. The second-order valence-corrected chi connectivity index (χ2v) is 8.56. The summed E-state index contributed by atoms with van der Waals surface area (Å²) in [6.07, 6.45) is 10.4. The van der Waals surface area contributed by atoms with Crippen LogP contribution in [-0.2, 0) is 19.0 Å². The van der Waals surface area contributed by atoms with Gasteiger partial charge in [0.05, 0.1) is 19.2 Å². The lowest BCUT2D eigenvalue weighted by molar-refractivity contribution is -0.205. The third-order valence-electron chi connectivity index (χ3n) is 6.58. The van der Waals surface area contributed by atoms with Crippen LogP contribution in [0.15, 0.2) is 0 Å². The third-order valence-corrected chi connectivity index (χ3v) is 6.58. The van der Waals surface area contributed by atoms with Crippen LogP contribution in [0, 0.1) is 11.8 Å². The molecule has 1 amide bonds. The van der Waals surface area contributed by atoms with Crippen LogP contribution in [0.25, 0.3) is 0 Å². The van der Waals surface area contributed by atoms with E-state index in [1.54, 1.807) is 0 Å². The van der Waals surface area contributed by atoms with Gasteiger partial charge in [0.1, 0.15) is 5.60 Å². The number of hydrogen-bond acceptors (Lipinski definition) is 4. The zero-order valence-corrected chi connectivity index (χ0v) is 15.4. The van der Waals surface area contributed by atoms with E-state index in [0.29, 0.717) is 17.9 Å². The highest BCUT2D eigenvalue weighted by Gasteiger charge is 2.50. The van der Waals surface area contributed by atoms with Crippen LogP contribution < -0.4 is 0 Å². The van der Waals surface area contributed by atoms with Gasteiger partial charge in [0.15, 0.2) is 0 Å². The van der Waals surface area contributed by atoms with E-state index < -0.39 is 0 Å². The maximum absolute atomic E-state index is 12.6. The summed E-state index contributed by atoms with van der Waals surface area (Å²) in [5.74, 6) is 1.30. The van der Waals surface area contributed by atoms with E-state index in [1.807, 2.05) is 4.90 Å². The molecule has 0 bridgehead atoms. The number of hydrogen-bond donors (Lipinski definition) is 0. The first kappa shape index (κ1) is 17.7. The largest absolute Gasteiger partial charge is 0.381 e. The van der Waals surface area contributed by atoms with E-state index in [1.165, 1.54) is 19.3 Å². The summed E-state index contributed by atoms with van der Waals surface area (Å²) in [5.41, 5.74) is -0.122. The van der Waals surface area contributed by atoms with Crippen molar-refractivity contribution in [1.29, 1.82) is 0 Å². The Morgan fingerprint density at radius 1 is 1.00 bits per heavy atom.